The molecular weight excluding hydrogens is 645 g/mol. The minimum Gasteiger partial charge on any atom is -0.464 e. The molecule has 2 bridgehead atoms. The molecule has 10 heteroatoms. The molecule has 2 unspecified atom stereocenters. The molecule has 2 aliphatic carbocycles. The lowest BCUT2D eigenvalue weighted by Gasteiger charge is -2.50. The molecular formula is C40H44N6O3S. The Morgan fingerprint density at radius 2 is 1.78 bits per heavy atom. The van der Waals surface area contributed by atoms with Crippen LogP contribution in [0.15, 0.2) is 60.8 Å². The average molecular weight is 689 g/mol. The molecule has 2 saturated carbocycles. The predicted octanol–water partition coefficient (Wildman–Crippen LogP) is 8.32. The van der Waals surface area contributed by atoms with Crippen molar-refractivity contribution in [2.45, 2.75) is 72.4 Å². The molecule has 0 spiro atoms. The Bertz CT molecular complexity index is 2050. The van der Waals surface area contributed by atoms with Gasteiger partial charge in [-0.3, -0.25) is 14.8 Å². The highest BCUT2D eigenvalue weighted by molar-refractivity contribution is 7.22. The zero-order valence-corrected chi connectivity index (χ0v) is 30.1. The first-order valence-corrected chi connectivity index (χ1v) is 18.6. The molecule has 2 fully saturated rings. The smallest absolute Gasteiger partial charge is 0.357 e. The second kappa shape index (κ2) is 13.0. The highest BCUT2D eigenvalue weighted by Crippen LogP contribution is 2.53. The van der Waals surface area contributed by atoms with Gasteiger partial charge in [-0.05, 0) is 110 Å². The topological polar surface area (TPSA) is 102 Å². The zero-order valence-electron chi connectivity index (χ0n) is 29.2. The predicted molar refractivity (Wildman–Crippen MR) is 198 cm³/mol. The van der Waals surface area contributed by atoms with Gasteiger partial charge in [0.25, 0.3) is 5.91 Å². The van der Waals surface area contributed by atoms with Crippen LogP contribution in [0.2, 0.25) is 0 Å². The van der Waals surface area contributed by atoms with Gasteiger partial charge >= 0.3 is 5.97 Å². The Morgan fingerprint density at radius 3 is 2.56 bits per heavy atom. The van der Waals surface area contributed by atoms with E-state index in [9.17, 15) is 9.59 Å². The van der Waals surface area contributed by atoms with Crippen molar-refractivity contribution in [1.82, 2.24) is 19.7 Å². The van der Waals surface area contributed by atoms with Crippen molar-refractivity contribution >= 4 is 44.4 Å². The molecule has 1 N–H and O–H groups in total. The number of benzene rings is 2. The maximum absolute atomic E-state index is 13.6. The summed E-state index contributed by atoms with van der Waals surface area (Å²) in [6.45, 7) is 9.03. The van der Waals surface area contributed by atoms with Gasteiger partial charge in [-0.2, -0.15) is 5.10 Å². The number of aromatic nitrogens is 4. The number of carbonyl (C=O) groups excluding carboxylic acids is 2. The Morgan fingerprint density at radius 1 is 0.980 bits per heavy atom. The van der Waals surface area contributed by atoms with Gasteiger partial charge in [-0.15, -0.1) is 0 Å². The van der Waals surface area contributed by atoms with Crippen LogP contribution in [0.3, 0.4) is 0 Å². The standard InChI is InChI=1S/C40H44N6O3S/c1-24-16-27-17-25(2)19-40(18-24,20-27)23-46-26(3)31(21-41-46)29-12-13-35(43-36(29)38(48)49-4)45-15-14-28-8-7-9-30(32(28)22-45)37(47)44-39-42-33-10-5-6-11-34(33)50-39/h5-13,21,24-25,27H,14-20,22-23H2,1-4H3,(H,42,44,47). The quantitative estimate of drug-likeness (QED) is 0.172. The van der Waals surface area contributed by atoms with E-state index in [4.69, 9.17) is 14.8 Å². The minimum absolute atomic E-state index is 0.186. The molecule has 0 saturated heterocycles. The molecule has 50 heavy (non-hydrogen) atoms. The summed E-state index contributed by atoms with van der Waals surface area (Å²) < 4.78 is 8.46. The van der Waals surface area contributed by atoms with Crippen LogP contribution in [0.1, 0.15) is 83.6 Å². The number of nitrogens with one attached hydrogen (secondary N) is 1. The van der Waals surface area contributed by atoms with E-state index in [1.54, 1.807) is 0 Å². The van der Waals surface area contributed by atoms with E-state index in [0.29, 0.717) is 29.6 Å². The summed E-state index contributed by atoms with van der Waals surface area (Å²) in [6, 6.07) is 17.7. The molecule has 1 aliphatic heterocycles. The second-order valence-corrected chi connectivity index (χ2v) is 16.1. The molecule has 2 atom stereocenters. The maximum Gasteiger partial charge on any atom is 0.357 e. The van der Waals surface area contributed by atoms with Crippen LogP contribution in [0.4, 0.5) is 10.9 Å². The highest BCUT2D eigenvalue weighted by Gasteiger charge is 2.44. The number of esters is 1. The van der Waals surface area contributed by atoms with Crippen LogP contribution in [-0.2, 0) is 24.2 Å². The Kier molecular flexibility index (Phi) is 8.45. The average Bonchev–Trinajstić information content (AvgIpc) is 3.68. The van der Waals surface area contributed by atoms with Crippen LogP contribution in [0.25, 0.3) is 21.3 Å². The van der Waals surface area contributed by atoms with Crippen LogP contribution in [0, 0.1) is 30.1 Å². The number of methoxy groups -OCH3 is 1. The number of ether oxygens (including phenoxy) is 1. The van der Waals surface area contributed by atoms with Crippen LogP contribution in [0.5, 0.6) is 0 Å². The number of pyridine rings is 1. The van der Waals surface area contributed by atoms with Gasteiger partial charge in [0.05, 0.1) is 23.5 Å². The molecule has 9 nitrogen and oxygen atoms in total. The summed E-state index contributed by atoms with van der Waals surface area (Å²) >= 11 is 1.46. The summed E-state index contributed by atoms with van der Waals surface area (Å²) in [5.41, 5.74) is 6.79. The van der Waals surface area contributed by atoms with Crippen molar-refractivity contribution in [3.05, 3.63) is 88.9 Å². The molecule has 3 aromatic heterocycles. The Labute approximate surface area is 297 Å². The largest absolute Gasteiger partial charge is 0.464 e. The molecule has 258 valence electrons. The van der Waals surface area contributed by atoms with Gasteiger partial charge in [0.1, 0.15) is 5.82 Å². The van der Waals surface area contributed by atoms with Crippen molar-refractivity contribution in [2.75, 3.05) is 23.9 Å². The van der Waals surface area contributed by atoms with E-state index < -0.39 is 5.97 Å². The fraction of sp³-hybridized carbons (Fsp3) is 0.425. The Balaban J connectivity index is 1.06. The number of carbonyl (C=O) groups is 2. The van der Waals surface area contributed by atoms with Crippen LogP contribution >= 0.6 is 11.3 Å². The van der Waals surface area contributed by atoms with E-state index in [-0.39, 0.29) is 17.0 Å². The number of nitrogens with zero attached hydrogens (tertiary/aromatic N) is 5. The Hall–Kier alpha value is -4.57. The first kappa shape index (κ1) is 32.6. The third kappa shape index (κ3) is 6.08. The number of thiazole rings is 1. The summed E-state index contributed by atoms with van der Waals surface area (Å²) in [4.78, 5) is 38.5. The molecule has 0 radical (unpaired) electrons. The summed E-state index contributed by atoms with van der Waals surface area (Å²) in [6.07, 6.45) is 9.10. The third-order valence-corrected chi connectivity index (χ3v) is 12.2. The third-order valence-electron chi connectivity index (χ3n) is 11.2. The number of amides is 1. The van der Waals surface area contributed by atoms with E-state index in [1.165, 1.54) is 50.6 Å². The number of fused-ring (bicyclic) bond motifs is 4. The van der Waals surface area contributed by atoms with Crippen molar-refractivity contribution in [2.24, 2.45) is 23.2 Å². The molecule has 4 heterocycles. The number of hydrogen-bond acceptors (Lipinski definition) is 8. The van der Waals surface area contributed by atoms with E-state index in [0.717, 1.165) is 68.9 Å². The maximum atomic E-state index is 13.6. The minimum atomic E-state index is -0.481. The molecule has 3 aliphatic rings. The summed E-state index contributed by atoms with van der Waals surface area (Å²) in [5, 5.41) is 8.49. The van der Waals surface area contributed by atoms with Crippen molar-refractivity contribution in [1.29, 1.82) is 0 Å². The lowest BCUT2D eigenvalue weighted by molar-refractivity contribution is 0.00176. The lowest BCUT2D eigenvalue weighted by atomic mass is 9.57. The van der Waals surface area contributed by atoms with Crippen molar-refractivity contribution in [3.8, 4) is 11.1 Å². The first-order chi connectivity index (χ1) is 24.2. The summed E-state index contributed by atoms with van der Waals surface area (Å²) in [7, 11) is 1.40. The van der Waals surface area contributed by atoms with Crippen molar-refractivity contribution < 1.29 is 14.3 Å². The van der Waals surface area contributed by atoms with Crippen molar-refractivity contribution in [3.63, 3.8) is 0 Å². The molecule has 5 aromatic rings. The van der Waals surface area contributed by atoms with Gasteiger partial charge in [0.2, 0.25) is 0 Å². The van der Waals surface area contributed by atoms with Crippen LogP contribution < -0.4 is 10.2 Å². The molecule has 8 rings (SSSR count). The van der Waals surface area contributed by atoms with Gasteiger partial charge in [-0.1, -0.05) is 49.4 Å². The number of anilines is 2. The fourth-order valence-electron chi connectivity index (χ4n) is 9.46. The lowest BCUT2D eigenvalue weighted by Crippen LogP contribution is -2.42. The van der Waals surface area contributed by atoms with Gasteiger partial charge in [0, 0.05) is 42.0 Å². The number of hydrogen-bond donors (Lipinski definition) is 1. The number of rotatable bonds is 7. The molecule has 1 amide bonds. The van der Waals surface area contributed by atoms with E-state index in [2.05, 4.69) is 46.7 Å². The van der Waals surface area contributed by atoms with Gasteiger partial charge in [0.15, 0.2) is 10.8 Å². The highest BCUT2D eigenvalue weighted by atomic mass is 32.1. The van der Waals surface area contributed by atoms with Gasteiger partial charge < -0.3 is 9.64 Å². The zero-order chi connectivity index (χ0) is 34.6. The monoisotopic (exact) mass is 688 g/mol. The van der Waals surface area contributed by atoms with Crippen LogP contribution in [-0.4, -0.2) is 45.3 Å². The van der Waals surface area contributed by atoms with E-state index >= 15 is 0 Å². The first-order valence-electron chi connectivity index (χ1n) is 17.8. The second-order valence-electron chi connectivity index (χ2n) is 15.1. The SMILES string of the molecule is COC(=O)c1nc(N2CCc3cccc(C(=O)Nc4nc5ccccc5s4)c3C2)ccc1-c1cnn(CC23CC(C)CC(CC(C)C2)C3)c1C. The molecule has 2 aromatic carbocycles. The normalized spacial score (nSPS) is 23.0. The fourth-order valence-corrected chi connectivity index (χ4v) is 10.3. The summed E-state index contributed by atoms with van der Waals surface area (Å²) in [5.74, 6) is 2.30. The van der Waals surface area contributed by atoms with Gasteiger partial charge in [-0.25, -0.2) is 14.8 Å². The number of para-hydroxylation sites is 1. The van der Waals surface area contributed by atoms with E-state index in [1.807, 2.05) is 54.7 Å².